The standard InChI is InChI=1S/C29H33FN4O4/c1-6-9-24-22(27(36)34(17(2)31-24)16-25(35)29(3,4)5)14-19-13-12-18(15-23(19)30)20-10-7-8-11-21(20)26-32-28(37)38-33-26/h7-8,10-13,15,25,35H,6,9,14,16H2,1-5H3,(H,32,33,37). The fourth-order valence-corrected chi connectivity index (χ4v) is 4.38. The molecule has 0 aliphatic carbocycles. The van der Waals surface area contributed by atoms with E-state index in [-0.39, 0.29) is 24.3 Å². The number of nitrogens with one attached hydrogen (secondary N) is 1. The van der Waals surface area contributed by atoms with Gasteiger partial charge in [-0.3, -0.25) is 18.9 Å². The predicted octanol–water partition coefficient (Wildman–Crippen LogP) is 4.65. The number of aliphatic hydroxyl groups excluding tert-OH is 1. The van der Waals surface area contributed by atoms with E-state index in [0.29, 0.717) is 45.8 Å². The molecule has 0 saturated carbocycles. The molecule has 0 aliphatic rings. The van der Waals surface area contributed by atoms with Crippen LogP contribution in [0, 0.1) is 18.2 Å². The van der Waals surface area contributed by atoms with E-state index in [1.807, 2.05) is 33.8 Å². The number of benzene rings is 2. The smallest absolute Gasteiger partial charge is 0.391 e. The average Bonchev–Trinajstić information content (AvgIpc) is 3.30. The van der Waals surface area contributed by atoms with Crippen LogP contribution in [0.3, 0.4) is 0 Å². The van der Waals surface area contributed by atoms with E-state index in [0.717, 1.165) is 6.42 Å². The lowest BCUT2D eigenvalue weighted by Crippen LogP contribution is -2.38. The largest absolute Gasteiger partial charge is 0.439 e. The van der Waals surface area contributed by atoms with Crippen LogP contribution in [0.25, 0.3) is 22.5 Å². The van der Waals surface area contributed by atoms with Crippen LogP contribution < -0.4 is 11.3 Å². The number of aromatic nitrogens is 4. The summed E-state index contributed by atoms with van der Waals surface area (Å²) in [6.07, 6.45) is 0.714. The number of hydrogen-bond donors (Lipinski definition) is 2. The third kappa shape index (κ3) is 5.67. The van der Waals surface area contributed by atoms with E-state index in [1.165, 1.54) is 10.6 Å². The van der Waals surface area contributed by atoms with E-state index in [2.05, 4.69) is 19.6 Å². The van der Waals surface area contributed by atoms with Crippen molar-refractivity contribution in [2.45, 2.75) is 66.5 Å². The Bertz CT molecular complexity index is 1560. The molecule has 2 heterocycles. The van der Waals surface area contributed by atoms with Crippen molar-refractivity contribution in [3.63, 3.8) is 0 Å². The van der Waals surface area contributed by atoms with Crippen LogP contribution in [0.5, 0.6) is 0 Å². The van der Waals surface area contributed by atoms with Crippen molar-refractivity contribution in [2.75, 3.05) is 0 Å². The summed E-state index contributed by atoms with van der Waals surface area (Å²) in [6.45, 7) is 9.61. The van der Waals surface area contributed by atoms with Gasteiger partial charge in [-0.05, 0) is 41.5 Å². The fraction of sp³-hybridized carbons (Fsp3) is 0.379. The van der Waals surface area contributed by atoms with E-state index >= 15 is 4.39 Å². The van der Waals surface area contributed by atoms with Crippen LogP contribution in [0.2, 0.25) is 0 Å². The maximum atomic E-state index is 15.5. The molecule has 1 atom stereocenters. The number of aromatic amines is 1. The Morgan fingerprint density at radius 2 is 1.84 bits per heavy atom. The second-order valence-corrected chi connectivity index (χ2v) is 10.6. The van der Waals surface area contributed by atoms with Gasteiger partial charge >= 0.3 is 5.76 Å². The summed E-state index contributed by atoms with van der Waals surface area (Å²) in [4.78, 5) is 32.3. The molecule has 4 aromatic rings. The molecule has 0 bridgehead atoms. The first-order valence-electron chi connectivity index (χ1n) is 12.7. The monoisotopic (exact) mass is 520 g/mol. The van der Waals surface area contributed by atoms with Crippen molar-refractivity contribution in [2.24, 2.45) is 5.41 Å². The van der Waals surface area contributed by atoms with Crippen molar-refractivity contribution < 1.29 is 14.0 Å². The van der Waals surface area contributed by atoms with Crippen LogP contribution in [0.1, 0.15) is 56.8 Å². The zero-order valence-electron chi connectivity index (χ0n) is 22.3. The summed E-state index contributed by atoms with van der Waals surface area (Å²) >= 11 is 0. The SMILES string of the molecule is CCCc1nc(C)n(CC(O)C(C)(C)C)c(=O)c1Cc1ccc(-c2ccccc2-c2noc(=O)[nH]2)cc1F. The lowest BCUT2D eigenvalue weighted by molar-refractivity contribution is 0.0463. The average molecular weight is 521 g/mol. The highest BCUT2D eigenvalue weighted by Gasteiger charge is 2.25. The summed E-state index contributed by atoms with van der Waals surface area (Å²) < 4.78 is 21.6. The first kappa shape index (κ1) is 27.2. The maximum Gasteiger partial charge on any atom is 0.439 e. The number of halogens is 1. The molecule has 4 rings (SSSR count). The number of nitrogens with zero attached hydrogens (tertiary/aromatic N) is 3. The molecule has 0 saturated heterocycles. The van der Waals surface area contributed by atoms with Gasteiger partial charge in [-0.15, -0.1) is 0 Å². The topological polar surface area (TPSA) is 114 Å². The van der Waals surface area contributed by atoms with E-state index in [4.69, 9.17) is 0 Å². The second-order valence-electron chi connectivity index (χ2n) is 10.6. The maximum absolute atomic E-state index is 15.5. The van der Waals surface area contributed by atoms with Gasteiger partial charge in [-0.1, -0.05) is 75.7 Å². The highest BCUT2D eigenvalue weighted by Crippen LogP contribution is 2.31. The summed E-state index contributed by atoms with van der Waals surface area (Å²) in [5.74, 6) is -0.354. The van der Waals surface area contributed by atoms with Crippen LogP contribution >= 0.6 is 0 Å². The van der Waals surface area contributed by atoms with Crippen LogP contribution in [-0.4, -0.2) is 30.9 Å². The first-order valence-corrected chi connectivity index (χ1v) is 12.7. The molecule has 2 aromatic carbocycles. The van der Waals surface area contributed by atoms with Crippen molar-refractivity contribution >= 4 is 0 Å². The molecule has 0 radical (unpaired) electrons. The summed E-state index contributed by atoms with van der Waals surface area (Å²) in [7, 11) is 0. The summed E-state index contributed by atoms with van der Waals surface area (Å²) in [5, 5.41) is 14.4. The molecule has 0 fully saturated rings. The van der Waals surface area contributed by atoms with E-state index < -0.39 is 23.1 Å². The third-order valence-corrected chi connectivity index (χ3v) is 6.73. The van der Waals surface area contributed by atoms with Crippen molar-refractivity contribution in [3.8, 4) is 22.5 Å². The molecule has 200 valence electrons. The number of H-pyrrole nitrogens is 1. The van der Waals surface area contributed by atoms with E-state index in [1.54, 1.807) is 37.3 Å². The molecule has 38 heavy (non-hydrogen) atoms. The molecule has 0 amide bonds. The van der Waals surface area contributed by atoms with Crippen molar-refractivity contribution in [1.82, 2.24) is 19.7 Å². The molecular weight excluding hydrogens is 487 g/mol. The van der Waals surface area contributed by atoms with Gasteiger partial charge < -0.3 is 5.11 Å². The molecule has 8 nitrogen and oxygen atoms in total. The van der Waals surface area contributed by atoms with E-state index in [9.17, 15) is 14.7 Å². The minimum absolute atomic E-state index is 0.0808. The minimum atomic E-state index is -0.749. The fourth-order valence-electron chi connectivity index (χ4n) is 4.38. The van der Waals surface area contributed by atoms with Crippen molar-refractivity contribution in [3.05, 3.63) is 91.8 Å². The van der Waals surface area contributed by atoms with Gasteiger partial charge in [-0.2, -0.15) is 0 Å². The summed E-state index contributed by atoms with van der Waals surface area (Å²) in [5.41, 5.74) is 2.64. The molecule has 1 unspecified atom stereocenters. The van der Waals surface area contributed by atoms with Gasteiger partial charge in [0.1, 0.15) is 11.6 Å². The first-order chi connectivity index (χ1) is 18.0. The Hall–Kier alpha value is -3.85. The number of aliphatic hydroxyl groups is 1. The molecular formula is C29H33FN4O4. The van der Waals surface area contributed by atoms with Gasteiger partial charge in [0, 0.05) is 17.5 Å². The Kier molecular flexibility index (Phi) is 7.78. The summed E-state index contributed by atoms with van der Waals surface area (Å²) in [6, 6.07) is 12.0. The van der Waals surface area contributed by atoms with Crippen LogP contribution in [0.4, 0.5) is 4.39 Å². The predicted molar refractivity (Wildman–Crippen MR) is 143 cm³/mol. The quantitative estimate of drug-likeness (QED) is 0.350. The molecule has 9 heteroatoms. The molecule has 2 N–H and O–H groups in total. The Morgan fingerprint density at radius 3 is 2.45 bits per heavy atom. The highest BCUT2D eigenvalue weighted by atomic mass is 19.1. The van der Waals surface area contributed by atoms with Crippen LogP contribution in [-0.2, 0) is 19.4 Å². The van der Waals surface area contributed by atoms with Crippen LogP contribution in [0.15, 0.2) is 56.6 Å². The number of hydrogen-bond acceptors (Lipinski definition) is 6. The Balaban J connectivity index is 1.73. The van der Waals surface area contributed by atoms with Gasteiger partial charge in [0.15, 0.2) is 5.82 Å². The molecule has 2 aromatic heterocycles. The zero-order valence-corrected chi connectivity index (χ0v) is 22.3. The third-order valence-electron chi connectivity index (χ3n) is 6.73. The lowest BCUT2D eigenvalue weighted by atomic mass is 9.89. The minimum Gasteiger partial charge on any atom is -0.391 e. The number of aryl methyl sites for hydroxylation is 2. The van der Waals surface area contributed by atoms with Gasteiger partial charge in [-0.25, -0.2) is 14.2 Å². The zero-order chi connectivity index (χ0) is 27.6. The molecule has 0 spiro atoms. The Labute approximate surface area is 220 Å². The van der Waals surface area contributed by atoms with Crippen molar-refractivity contribution in [1.29, 1.82) is 0 Å². The highest BCUT2D eigenvalue weighted by molar-refractivity contribution is 5.80. The second kappa shape index (κ2) is 10.9. The normalized spacial score (nSPS) is 12.6. The van der Waals surface area contributed by atoms with Gasteiger partial charge in [0.05, 0.1) is 18.3 Å². The number of rotatable bonds is 8. The molecule has 0 aliphatic heterocycles. The lowest BCUT2D eigenvalue weighted by Gasteiger charge is -2.27. The van der Waals surface area contributed by atoms with Gasteiger partial charge in [0.25, 0.3) is 5.56 Å². The van der Waals surface area contributed by atoms with Gasteiger partial charge in [0.2, 0.25) is 0 Å². The Morgan fingerprint density at radius 1 is 1.13 bits per heavy atom.